The molecule has 5 rings (SSSR count). The quantitative estimate of drug-likeness (QED) is 0.223. The molecule has 1 fully saturated rings. The molecule has 1 aliphatic carbocycles. The Kier molecular flexibility index (Phi) is 8.04. The zero-order valence-corrected chi connectivity index (χ0v) is 23.1. The van der Waals surface area contributed by atoms with E-state index < -0.39 is 5.60 Å². The van der Waals surface area contributed by atoms with E-state index in [4.69, 9.17) is 16.6 Å². The maximum absolute atomic E-state index is 10.7. The second-order valence-electron chi connectivity index (χ2n) is 10.6. The average Bonchev–Trinajstić information content (AvgIpc) is 3.72. The van der Waals surface area contributed by atoms with Gasteiger partial charge in [0.2, 0.25) is 0 Å². The minimum absolute atomic E-state index is 0.421. The van der Waals surface area contributed by atoms with E-state index in [1.165, 1.54) is 35.3 Å². The van der Waals surface area contributed by atoms with Crippen LogP contribution in [0, 0.1) is 5.92 Å². The van der Waals surface area contributed by atoms with Crippen molar-refractivity contribution in [1.29, 1.82) is 0 Å². The van der Waals surface area contributed by atoms with E-state index in [0.717, 1.165) is 40.9 Å². The van der Waals surface area contributed by atoms with Crippen LogP contribution in [0.4, 0.5) is 0 Å². The van der Waals surface area contributed by atoms with Gasteiger partial charge in [-0.2, -0.15) is 11.8 Å². The molecule has 1 saturated carbocycles. The molecule has 0 aliphatic heterocycles. The van der Waals surface area contributed by atoms with Gasteiger partial charge in [-0.1, -0.05) is 78.3 Å². The largest absolute Gasteiger partial charge is 0.386 e. The number of halogens is 1. The molecule has 3 aromatic carbocycles. The molecule has 2 nitrogen and oxygen atoms in total. The highest BCUT2D eigenvalue weighted by atomic mass is 35.5. The van der Waals surface area contributed by atoms with Gasteiger partial charge in [0, 0.05) is 15.7 Å². The third kappa shape index (κ3) is 7.04. The van der Waals surface area contributed by atoms with Gasteiger partial charge in [-0.05, 0) is 97.7 Å². The molecule has 1 aliphatic rings. The fraction of sp³-hybridized carbons (Fsp3) is 0.303. The Balaban J connectivity index is 1.34. The van der Waals surface area contributed by atoms with Crippen molar-refractivity contribution in [1.82, 2.24) is 4.98 Å². The molecule has 1 aromatic heterocycles. The first-order valence-corrected chi connectivity index (χ1v) is 14.5. The first kappa shape index (κ1) is 26.0. The summed E-state index contributed by atoms with van der Waals surface area (Å²) in [5.41, 5.74) is 5.81. The number of nitrogens with zero attached hydrogens (tertiary/aromatic N) is 1. The number of hydrogen-bond donors (Lipinski definition) is 1. The predicted octanol–water partition coefficient (Wildman–Crippen LogP) is 9.10. The van der Waals surface area contributed by atoms with Gasteiger partial charge in [0.25, 0.3) is 0 Å². The lowest BCUT2D eigenvalue weighted by atomic mass is 9.90. The third-order valence-electron chi connectivity index (χ3n) is 6.99. The van der Waals surface area contributed by atoms with Crippen LogP contribution in [0.2, 0.25) is 5.02 Å². The molecule has 4 aromatic rings. The highest BCUT2D eigenvalue weighted by Gasteiger charge is 2.25. The Morgan fingerprint density at radius 3 is 2.62 bits per heavy atom. The number of rotatable bonds is 10. The van der Waals surface area contributed by atoms with Crippen molar-refractivity contribution in [2.75, 3.05) is 5.75 Å². The Morgan fingerprint density at radius 1 is 1.00 bits per heavy atom. The van der Waals surface area contributed by atoms with Gasteiger partial charge in [0.1, 0.15) is 0 Å². The SMILES string of the molecule is CC(C)(O)c1ccccc1CCC(SCC1CC1)c1cccc(C=Cc2ccc3ccc(Cl)cc3n2)c1. The summed E-state index contributed by atoms with van der Waals surface area (Å²) >= 11 is 8.26. The van der Waals surface area contributed by atoms with Gasteiger partial charge in [-0.25, -0.2) is 4.98 Å². The van der Waals surface area contributed by atoms with E-state index in [1.807, 2.05) is 44.2 Å². The number of hydrogen-bond acceptors (Lipinski definition) is 3. The van der Waals surface area contributed by atoms with Crippen LogP contribution in [0.15, 0.2) is 78.9 Å². The number of benzene rings is 3. The van der Waals surface area contributed by atoms with Crippen LogP contribution in [0.25, 0.3) is 23.1 Å². The molecule has 0 saturated heterocycles. The molecule has 1 heterocycles. The van der Waals surface area contributed by atoms with Crippen LogP contribution in [-0.2, 0) is 12.0 Å². The Labute approximate surface area is 229 Å². The molecule has 1 unspecified atom stereocenters. The molecule has 1 atom stereocenters. The molecule has 0 bridgehead atoms. The van der Waals surface area contributed by atoms with Crippen LogP contribution in [0.1, 0.15) is 66.3 Å². The highest BCUT2D eigenvalue weighted by molar-refractivity contribution is 7.99. The first-order valence-electron chi connectivity index (χ1n) is 13.1. The summed E-state index contributed by atoms with van der Waals surface area (Å²) in [5, 5.41) is 12.9. The standard InChI is InChI=1S/C33H34ClNOS/c1-33(2,36)30-9-4-3-7-25(30)15-19-32(37-22-24-10-11-24)27-8-5-6-23(20-27)12-17-29-18-14-26-13-16-28(34)21-31(26)35-29/h3-9,12-14,16-18,20-21,24,32,36H,10-11,15,19,22H2,1-2H3. The molecular formula is C33H34ClNOS. The fourth-order valence-electron chi connectivity index (χ4n) is 4.75. The van der Waals surface area contributed by atoms with E-state index in [0.29, 0.717) is 10.3 Å². The summed E-state index contributed by atoms with van der Waals surface area (Å²) < 4.78 is 0. The summed E-state index contributed by atoms with van der Waals surface area (Å²) in [6.07, 6.45) is 8.96. The number of aliphatic hydroxyl groups is 1. The van der Waals surface area contributed by atoms with Gasteiger partial charge in [-0.3, -0.25) is 0 Å². The van der Waals surface area contributed by atoms with Gasteiger partial charge in [0.15, 0.2) is 0 Å². The lowest BCUT2D eigenvalue weighted by Gasteiger charge is -2.23. The summed E-state index contributed by atoms with van der Waals surface area (Å²) in [4.78, 5) is 4.76. The topological polar surface area (TPSA) is 33.1 Å². The van der Waals surface area contributed by atoms with Crippen LogP contribution in [0.3, 0.4) is 0 Å². The second kappa shape index (κ2) is 11.4. The number of aryl methyl sites for hydroxylation is 1. The molecule has 4 heteroatoms. The maximum atomic E-state index is 10.7. The molecule has 37 heavy (non-hydrogen) atoms. The smallest absolute Gasteiger partial charge is 0.0843 e. The van der Waals surface area contributed by atoms with Crippen LogP contribution >= 0.6 is 23.4 Å². The Hall–Kier alpha value is -2.59. The molecule has 0 radical (unpaired) electrons. The van der Waals surface area contributed by atoms with Gasteiger partial charge in [-0.15, -0.1) is 0 Å². The van der Waals surface area contributed by atoms with Gasteiger partial charge in [0.05, 0.1) is 16.8 Å². The molecule has 190 valence electrons. The summed E-state index contributed by atoms with van der Waals surface area (Å²) in [5.74, 6) is 2.10. The number of aromatic nitrogens is 1. The lowest BCUT2D eigenvalue weighted by Crippen LogP contribution is -2.18. The van der Waals surface area contributed by atoms with Gasteiger partial charge >= 0.3 is 0 Å². The lowest BCUT2D eigenvalue weighted by molar-refractivity contribution is 0.0776. The average molecular weight is 528 g/mol. The van der Waals surface area contributed by atoms with Crippen molar-refractivity contribution < 1.29 is 5.11 Å². The van der Waals surface area contributed by atoms with Crippen molar-refractivity contribution in [3.8, 4) is 0 Å². The monoisotopic (exact) mass is 527 g/mol. The van der Waals surface area contributed by atoms with E-state index in [9.17, 15) is 5.11 Å². The normalized spacial score (nSPS) is 14.9. The zero-order valence-electron chi connectivity index (χ0n) is 21.5. The minimum Gasteiger partial charge on any atom is -0.386 e. The Morgan fingerprint density at radius 2 is 1.81 bits per heavy atom. The number of thioether (sulfide) groups is 1. The van der Waals surface area contributed by atoms with Crippen molar-refractivity contribution >= 4 is 46.4 Å². The molecule has 0 amide bonds. The predicted molar refractivity (Wildman–Crippen MR) is 160 cm³/mol. The van der Waals surface area contributed by atoms with Crippen molar-refractivity contribution in [2.45, 2.75) is 50.4 Å². The van der Waals surface area contributed by atoms with Crippen molar-refractivity contribution in [2.24, 2.45) is 5.92 Å². The second-order valence-corrected chi connectivity index (χ2v) is 12.3. The molecule has 0 spiro atoms. The van der Waals surface area contributed by atoms with Crippen LogP contribution < -0.4 is 0 Å². The van der Waals surface area contributed by atoms with E-state index in [2.05, 4.69) is 72.4 Å². The fourth-order valence-corrected chi connectivity index (χ4v) is 6.38. The number of pyridine rings is 1. The summed E-state index contributed by atoms with van der Waals surface area (Å²) in [6.45, 7) is 3.75. The molecule has 1 N–H and O–H groups in total. The van der Waals surface area contributed by atoms with Crippen LogP contribution in [-0.4, -0.2) is 15.8 Å². The Bertz CT molecular complexity index is 1400. The minimum atomic E-state index is -0.833. The van der Waals surface area contributed by atoms with Crippen LogP contribution in [0.5, 0.6) is 0 Å². The first-order chi connectivity index (χ1) is 17.8. The highest BCUT2D eigenvalue weighted by Crippen LogP contribution is 2.41. The third-order valence-corrected chi connectivity index (χ3v) is 8.80. The summed E-state index contributed by atoms with van der Waals surface area (Å²) in [6, 6.07) is 27.2. The molecular weight excluding hydrogens is 494 g/mol. The van der Waals surface area contributed by atoms with Crippen molar-refractivity contribution in [3.63, 3.8) is 0 Å². The number of fused-ring (bicyclic) bond motifs is 1. The summed E-state index contributed by atoms with van der Waals surface area (Å²) in [7, 11) is 0. The van der Waals surface area contributed by atoms with Crippen molar-refractivity contribution in [3.05, 3.63) is 112 Å². The van der Waals surface area contributed by atoms with E-state index >= 15 is 0 Å². The van der Waals surface area contributed by atoms with E-state index in [-0.39, 0.29) is 0 Å². The van der Waals surface area contributed by atoms with Gasteiger partial charge < -0.3 is 5.11 Å². The zero-order chi connectivity index (χ0) is 25.8. The van der Waals surface area contributed by atoms with E-state index in [1.54, 1.807) is 0 Å². The maximum Gasteiger partial charge on any atom is 0.0843 e.